The Morgan fingerprint density at radius 3 is 2.76 bits per heavy atom. The maximum atomic E-state index is 12.8. The lowest BCUT2D eigenvalue weighted by atomic mass is 9.96. The lowest BCUT2D eigenvalue weighted by Crippen LogP contribution is -2.46. The van der Waals surface area contributed by atoms with Crippen LogP contribution in [0.15, 0.2) is 30.3 Å². The summed E-state index contributed by atoms with van der Waals surface area (Å²) < 4.78 is 0. The third-order valence-corrected chi connectivity index (χ3v) is 6.19. The quantitative estimate of drug-likeness (QED) is 0.704. The van der Waals surface area contributed by atoms with E-state index in [-0.39, 0.29) is 17.7 Å². The second kappa shape index (κ2) is 10.7. The molecule has 29 heavy (non-hydrogen) atoms. The molecule has 1 aromatic carbocycles. The Kier molecular flexibility index (Phi) is 8.07. The molecule has 2 fully saturated rings. The molecule has 1 aromatic rings. The van der Waals surface area contributed by atoms with Crippen molar-refractivity contribution < 1.29 is 9.59 Å². The van der Waals surface area contributed by atoms with Crippen molar-refractivity contribution in [3.8, 4) is 0 Å². The van der Waals surface area contributed by atoms with Gasteiger partial charge >= 0.3 is 0 Å². The van der Waals surface area contributed by atoms with Crippen molar-refractivity contribution in [2.75, 3.05) is 26.7 Å². The Balaban J connectivity index is 1.38. The Morgan fingerprint density at radius 1 is 1.21 bits per heavy atom. The summed E-state index contributed by atoms with van der Waals surface area (Å²) in [5, 5.41) is 0. The molecule has 3 atom stereocenters. The first kappa shape index (κ1) is 21.8. The summed E-state index contributed by atoms with van der Waals surface area (Å²) in [5.41, 5.74) is 8.11. The smallest absolute Gasteiger partial charge is 0.227 e. The van der Waals surface area contributed by atoms with Gasteiger partial charge < -0.3 is 9.80 Å². The minimum absolute atomic E-state index is 0.0386. The number of carbonyl (C=O) groups excluding carboxylic acids is 2. The van der Waals surface area contributed by atoms with Crippen molar-refractivity contribution in [1.29, 1.82) is 0 Å². The van der Waals surface area contributed by atoms with Crippen molar-refractivity contribution in [2.45, 2.75) is 64.0 Å². The first-order valence-electron chi connectivity index (χ1n) is 11.2. The van der Waals surface area contributed by atoms with Gasteiger partial charge in [-0.1, -0.05) is 37.3 Å². The van der Waals surface area contributed by atoms with E-state index < -0.39 is 0 Å². The SMILES string of the molecule is CCCC(=O)N1CCCC(C(=O)N(C)CCCC2CC(c3ccccc3)NN2)C1. The predicted octanol–water partition coefficient (Wildman–Crippen LogP) is 2.87. The van der Waals surface area contributed by atoms with Gasteiger partial charge in [0.15, 0.2) is 0 Å². The summed E-state index contributed by atoms with van der Waals surface area (Å²) in [4.78, 5) is 28.8. The number of hydrogen-bond donors (Lipinski definition) is 2. The number of nitrogens with one attached hydrogen (secondary N) is 2. The summed E-state index contributed by atoms with van der Waals surface area (Å²) in [6.07, 6.45) is 6.36. The molecular weight excluding hydrogens is 364 g/mol. The lowest BCUT2D eigenvalue weighted by Gasteiger charge is -2.34. The minimum atomic E-state index is -0.0386. The Bertz CT molecular complexity index is 666. The number of hydrogen-bond acceptors (Lipinski definition) is 4. The van der Waals surface area contributed by atoms with E-state index in [0.717, 1.165) is 51.6 Å². The van der Waals surface area contributed by atoms with Crippen molar-refractivity contribution in [3.63, 3.8) is 0 Å². The fourth-order valence-electron chi connectivity index (χ4n) is 4.49. The van der Waals surface area contributed by atoms with Crippen LogP contribution in [0.3, 0.4) is 0 Å². The molecule has 0 saturated carbocycles. The molecule has 3 unspecified atom stereocenters. The molecule has 2 aliphatic rings. The molecule has 0 aliphatic carbocycles. The zero-order valence-corrected chi connectivity index (χ0v) is 17.9. The van der Waals surface area contributed by atoms with Gasteiger partial charge in [0.05, 0.1) is 5.92 Å². The van der Waals surface area contributed by atoms with Gasteiger partial charge in [-0.2, -0.15) is 0 Å². The van der Waals surface area contributed by atoms with E-state index in [1.54, 1.807) is 0 Å². The fourth-order valence-corrected chi connectivity index (χ4v) is 4.49. The number of carbonyl (C=O) groups is 2. The first-order chi connectivity index (χ1) is 14.1. The van der Waals surface area contributed by atoms with Gasteiger partial charge in [0.2, 0.25) is 11.8 Å². The standard InChI is InChI=1S/C23H36N4O2/c1-3-9-22(28)27-15-7-12-19(17-27)23(29)26(2)14-8-13-20-16-21(25-24-20)18-10-5-4-6-11-18/h4-6,10-11,19-21,24-25H,3,7-9,12-17H2,1-2H3. The summed E-state index contributed by atoms with van der Waals surface area (Å²) in [7, 11) is 1.91. The Labute approximate surface area is 175 Å². The number of benzene rings is 1. The molecule has 2 aliphatic heterocycles. The van der Waals surface area contributed by atoms with Crippen molar-refractivity contribution in [3.05, 3.63) is 35.9 Å². The van der Waals surface area contributed by atoms with Gasteiger partial charge in [-0.15, -0.1) is 0 Å². The molecule has 160 valence electrons. The molecule has 2 saturated heterocycles. The van der Waals surface area contributed by atoms with E-state index in [2.05, 4.69) is 35.1 Å². The van der Waals surface area contributed by atoms with E-state index in [9.17, 15) is 9.59 Å². The van der Waals surface area contributed by atoms with E-state index in [1.165, 1.54) is 5.56 Å². The van der Waals surface area contributed by atoms with E-state index >= 15 is 0 Å². The molecule has 0 aromatic heterocycles. The monoisotopic (exact) mass is 400 g/mol. The van der Waals surface area contributed by atoms with Crippen LogP contribution in [0.25, 0.3) is 0 Å². The second-order valence-corrected chi connectivity index (χ2v) is 8.52. The van der Waals surface area contributed by atoms with Crippen LogP contribution in [-0.4, -0.2) is 54.3 Å². The number of piperidine rings is 1. The Hall–Kier alpha value is -1.92. The number of hydrazine groups is 1. The number of likely N-dealkylation sites (tertiary alicyclic amines) is 1. The minimum Gasteiger partial charge on any atom is -0.345 e. The van der Waals surface area contributed by atoms with E-state index in [0.29, 0.717) is 25.0 Å². The topological polar surface area (TPSA) is 64.7 Å². The summed E-state index contributed by atoms with van der Waals surface area (Å²) in [5.74, 6) is 0.349. The molecule has 3 rings (SSSR count). The zero-order valence-electron chi connectivity index (χ0n) is 17.9. The van der Waals surface area contributed by atoms with Gasteiger partial charge in [0, 0.05) is 45.2 Å². The normalized spacial score (nSPS) is 24.5. The molecule has 0 spiro atoms. The molecule has 0 radical (unpaired) electrons. The van der Waals surface area contributed by atoms with E-state index in [4.69, 9.17) is 0 Å². The third-order valence-electron chi connectivity index (χ3n) is 6.19. The zero-order chi connectivity index (χ0) is 20.6. The van der Waals surface area contributed by atoms with Crippen LogP contribution in [0.5, 0.6) is 0 Å². The third kappa shape index (κ3) is 6.03. The predicted molar refractivity (Wildman–Crippen MR) is 115 cm³/mol. The highest BCUT2D eigenvalue weighted by atomic mass is 16.2. The highest BCUT2D eigenvalue weighted by molar-refractivity contribution is 5.81. The van der Waals surface area contributed by atoms with Crippen LogP contribution in [0.1, 0.15) is 63.5 Å². The fraction of sp³-hybridized carbons (Fsp3) is 0.652. The van der Waals surface area contributed by atoms with Gasteiger partial charge in [0.25, 0.3) is 0 Å². The molecule has 2 amide bonds. The Morgan fingerprint density at radius 2 is 2.00 bits per heavy atom. The van der Waals surface area contributed by atoms with Crippen LogP contribution in [0.2, 0.25) is 0 Å². The van der Waals surface area contributed by atoms with Crippen molar-refractivity contribution in [2.24, 2.45) is 5.92 Å². The lowest BCUT2D eigenvalue weighted by molar-refractivity contribution is -0.140. The van der Waals surface area contributed by atoms with Crippen LogP contribution < -0.4 is 10.9 Å². The maximum Gasteiger partial charge on any atom is 0.227 e. The maximum absolute atomic E-state index is 12.8. The molecule has 2 heterocycles. The summed E-state index contributed by atoms with van der Waals surface area (Å²) in [6.45, 7) is 4.19. The number of amides is 2. The number of rotatable bonds is 8. The molecule has 6 heteroatoms. The van der Waals surface area contributed by atoms with Gasteiger partial charge in [-0.3, -0.25) is 20.4 Å². The van der Waals surface area contributed by atoms with Gasteiger partial charge in [0.1, 0.15) is 0 Å². The highest BCUT2D eigenvalue weighted by Gasteiger charge is 2.30. The van der Waals surface area contributed by atoms with Crippen molar-refractivity contribution in [1.82, 2.24) is 20.7 Å². The molecule has 0 bridgehead atoms. The second-order valence-electron chi connectivity index (χ2n) is 8.52. The number of nitrogens with zero attached hydrogens (tertiary/aromatic N) is 2. The van der Waals surface area contributed by atoms with Crippen LogP contribution >= 0.6 is 0 Å². The largest absolute Gasteiger partial charge is 0.345 e. The average Bonchev–Trinajstić information content (AvgIpc) is 3.23. The van der Waals surface area contributed by atoms with Crippen LogP contribution in [0, 0.1) is 5.92 Å². The average molecular weight is 401 g/mol. The van der Waals surface area contributed by atoms with Crippen LogP contribution in [0.4, 0.5) is 0 Å². The molecule has 6 nitrogen and oxygen atoms in total. The summed E-state index contributed by atoms with van der Waals surface area (Å²) in [6, 6.07) is 11.3. The van der Waals surface area contributed by atoms with E-state index in [1.807, 2.05) is 29.8 Å². The van der Waals surface area contributed by atoms with Gasteiger partial charge in [-0.25, -0.2) is 0 Å². The summed E-state index contributed by atoms with van der Waals surface area (Å²) >= 11 is 0. The van der Waals surface area contributed by atoms with Crippen LogP contribution in [-0.2, 0) is 9.59 Å². The highest BCUT2D eigenvalue weighted by Crippen LogP contribution is 2.24. The van der Waals surface area contributed by atoms with Gasteiger partial charge in [-0.05, 0) is 44.1 Å². The molecular formula is C23H36N4O2. The van der Waals surface area contributed by atoms with Crippen molar-refractivity contribution >= 4 is 11.8 Å². The molecule has 2 N–H and O–H groups in total. The first-order valence-corrected chi connectivity index (χ1v) is 11.2.